The van der Waals surface area contributed by atoms with Crippen molar-refractivity contribution in [2.24, 2.45) is 0 Å². The van der Waals surface area contributed by atoms with Crippen LogP contribution in [0.2, 0.25) is 0 Å². The number of aliphatic hydroxyl groups excluding tert-OH is 1. The van der Waals surface area contributed by atoms with Crippen molar-refractivity contribution in [3.8, 4) is 0 Å². The van der Waals surface area contributed by atoms with E-state index in [0.717, 1.165) is 13.8 Å². The molecule has 1 aromatic rings. The predicted molar refractivity (Wildman–Crippen MR) is 61.6 cm³/mol. The van der Waals surface area contributed by atoms with Gasteiger partial charge in [-0.05, 0) is 37.6 Å². The zero-order valence-electron chi connectivity index (χ0n) is 11.1. The van der Waals surface area contributed by atoms with E-state index in [4.69, 9.17) is 5.11 Å². The van der Waals surface area contributed by atoms with Crippen LogP contribution >= 0.6 is 0 Å². The molecule has 8 heteroatoms. The number of aliphatic hydroxyl groups is 1. The number of alkyl halides is 6. The van der Waals surface area contributed by atoms with E-state index >= 15 is 0 Å². The van der Waals surface area contributed by atoms with Crippen LogP contribution in [0.25, 0.3) is 0 Å². The minimum absolute atomic E-state index is 0.0109. The molecule has 1 rings (SSSR count). The van der Waals surface area contributed by atoms with Crippen molar-refractivity contribution >= 4 is 5.78 Å². The Labute approximate surface area is 116 Å². The molecule has 0 aromatic heterocycles. The van der Waals surface area contributed by atoms with Gasteiger partial charge in [-0.15, -0.1) is 0 Å². The van der Waals surface area contributed by atoms with Crippen molar-refractivity contribution in [3.63, 3.8) is 0 Å². The Morgan fingerprint density at radius 3 is 1.52 bits per heavy atom. The van der Waals surface area contributed by atoms with Gasteiger partial charge in [0, 0.05) is 0 Å². The summed E-state index contributed by atoms with van der Waals surface area (Å²) < 4.78 is 76.2. The number of carbonyl (C=O) groups is 1. The maximum atomic E-state index is 12.7. The number of hydrogen-bond acceptors (Lipinski definition) is 2. The molecule has 0 radical (unpaired) electrons. The van der Waals surface area contributed by atoms with Crippen LogP contribution in [0.15, 0.2) is 18.2 Å². The molecule has 0 heterocycles. The summed E-state index contributed by atoms with van der Waals surface area (Å²) in [5.74, 6) is -0.880. The van der Waals surface area contributed by atoms with Crippen LogP contribution in [0.5, 0.6) is 0 Å². The van der Waals surface area contributed by atoms with E-state index in [0.29, 0.717) is 12.1 Å². The molecular weight excluding hydrogens is 302 g/mol. The SMILES string of the molecule is CC(C)(C(=O)CO)c1cc(C(F)(F)F)cc(C(F)(F)F)c1. The first-order valence-corrected chi connectivity index (χ1v) is 5.74. The van der Waals surface area contributed by atoms with Crippen molar-refractivity contribution in [2.75, 3.05) is 6.61 Å². The number of Topliss-reactive ketones (excluding diaryl/α,β-unsaturated/α-hetero) is 1. The van der Waals surface area contributed by atoms with Gasteiger partial charge in [-0.3, -0.25) is 4.79 Å². The summed E-state index contributed by atoms with van der Waals surface area (Å²) in [5.41, 5.74) is -5.11. The third-order valence-corrected chi connectivity index (χ3v) is 3.15. The molecule has 0 saturated carbocycles. The van der Waals surface area contributed by atoms with Crippen molar-refractivity contribution in [3.05, 3.63) is 34.9 Å². The minimum atomic E-state index is -4.98. The third kappa shape index (κ3) is 3.75. The van der Waals surface area contributed by atoms with Crippen molar-refractivity contribution in [1.29, 1.82) is 0 Å². The van der Waals surface area contributed by atoms with Crippen LogP contribution in [-0.2, 0) is 22.6 Å². The lowest BCUT2D eigenvalue weighted by Crippen LogP contribution is -2.32. The normalized spacial score (nSPS) is 13.4. The molecule has 2 nitrogen and oxygen atoms in total. The van der Waals surface area contributed by atoms with Crippen molar-refractivity contribution in [1.82, 2.24) is 0 Å². The molecule has 118 valence electrons. The highest BCUT2D eigenvalue weighted by Crippen LogP contribution is 2.39. The topological polar surface area (TPSA) is 37.3 Å². The number of rotatable bonds is 3. The van der Waals surface area contributed by atoms with Crippen LogP contribution in [0.1, 0.15) is 30.5 Å². The highest BCUT2D eigenvalue weighted by Gasteiger charge is 2.39. The summed E-state index contributed by atoms with van der Waals surface area (Å²) in [6.45, 7) is 1.33. The number of carbonyl (C=O) groups excluding carboxylic acids is 1. The summed E-state index contributed by atoms with van der Waals surface area (Å²) in [7, 11) is 0. The van der Waals surface area contributed by atoms with Gasteiger partial charge in [-0.2, -0.15) is 26.3 Å². The fraction of sp³-hybridized carbons (Fsp3) is 0.462. The second-order valence-corrected chi connectivity index (χ2v) is 5.00. The first kappa shape index (κ1) is 17.5. The standard InChI is InChI=1S/C13H12F6O2/c1-11(2,10(21)6-20)7-3-8(12(14,15)16)5-9(4-7)13(17,18)19/h3-5,20H,6H2,1-2H3. The van der Waals surface area contributed by atoms with Crippen molar-refractivity contribution < 1.29 is 36.2 Å². The zero-order chi connectivity index (χ0) is 16.6. The summed E-state index contributed by atoms with van der Waals surface area (Å²) >= 11 is 0. The van der Waals surface area contributed by atoms with E-state index in [1.165, 1.54) is 0 Å². The van der Waals surface area contributed by atoms with Gasteiger partial charge in [-0.25, -0.2) is 0 Å². The van der Waals surface area contributed by atoms with Crippen LogP contribution < -0.4 is 0 Å². The molecule has 1 N–H and O–H groups in total. The molecule has 0 saturated heterocycles. The Balaban J connectivity index is 3.57. The minimum Gasteiger partial charge on any atom is -0.389 e. The van der Waals surface area contributed by atoms with E-state index in [9.17, 15) is 31.1 Å². The Kier molecular flexibility index (Phi) is 4.43. The highest BCUT2D eigenvalue weighted by atomic mass is 19.4. The van der Waals surface area contributed by atoms with Gasteiger partial charge in [0.2, 0.25) is 0 Å². The van der Waals surface area contributed by atoms with E-state index < -0.39 is 46.8 Å². The molecule has 0 fully saturated rings. The average Bonchev–Trinajstić information content (AvgIpc) is 2.35. The summed E-state index contributed by atoms with van der Waals surface area (Å²) in [4.78, 5) is 11.5. The second kappa shape index (κ2) is 5.32. The molecular formula is C13H12F6O2. The maximum absolute atomic E-state index is 12.7. The lowest BCUT2D eigenvalue weighted by Gasteiger charge is -2.25. The lowest BCUT2D eigenvalue weighted by atomic mass is 9.79. The molecule has 0 aliphatic carbocycles. The maximum Gasteiger partial charge on any atom is 0.416 e. The number of hydrogen-bond donors (Lipinski definition) is 1. The Morgan fingerprint density at radius 1 is 0.905 bits per heavy atom. The molecule has 0 bridgehead atoms. The van der Waals surface area contributed by atoms with Gasteiger partial charge < -0.3 is 5.11 Å². The quantitative estimate of drug-likeness (QED) is 0.866. The molecule has 0 amide bonds. The van der Waals surface area contributed by atoms with Crippen LogP contribution in [-0.4, -0.2) is 17.5 Å². The van der Waals surface area contributed by atoms with Gasteiger partial charge in [-0.1, -0.05) is 0 Å². The smallest absolute Gasteiger partial charge is 0.389 e. The second-order valence-electron chi connectivity index (χ2n) is 5.00. The summed E-state index contributed by atoms with van der Waals surface area (Å²) in [6, 6.07) is 0.967. The molecule has 0 unspecified atom stereocenters. The predicted octanol–water partition coefficient (Wildman–Crippen LogP) is 3.56. The van der Waals surface area contributed by atoms with E-state index in [2.05, 4.69) is 0 Å². The van der Waals surface area contributed by atoms with Crippen LogP contribution in [0, 0.1) is 0 Å². The molecule has 0 atom stereocenters. The summed E-state index contributed by atoms with van der Waals surface area (Å²) in [6.07, 6.45) is -9.96. The Bertz CT molecular complexity index is 510. The fourth-order valence-corrected chi connectivity index (χ4v) is 1.67. The van der Waals surface area contributed by atoms with Gasteiger partial charge in [0.25, 0.3) is 0 Å². The Hall–Kier alpha value is -1.57. The van der Waals surface area contributed by atoms with Gasteiger partial charge in [0.05, 0.1) is 16.5 Å². The van der Waals surface area contributed by atoms with Gasteiger partial charge >= 0.3 is 12.4 Å². The molecule has 1 aromatic carbocycles. The first-order chi connectivity index (χ1) is 9.30. The van der Waals surface area contributed by atoms with Gasteiger partial charge in [0.15, 0.2) is 5.78 Å². The van der Waals surface area contributed by atoms with E-state index in [1.807, 2.05) is 0 Å². The lowest BCUT2D eigenvalue weighted by molar-refractivity contribution is -0.143. The van der Waals surface area contributed by atoms with Crippen LogP contribution in [0.4, 0.5) is 26.3 Å². The number of benzene rings is 1. The average molecular weight is 314 g/mol. The fourth-order valence-electron chi connectivity index (χ4n) is 1.67. The number of halogens is 6. The van der Waals surface area contributed by atoms with E-state index in [1.54, 1.807) is 0 Å². The van der Waals surface area contributed by atoms with Crippen molar-refractivity contribution in [2.45, 2.75) is 31.6 Å². The zero-order valence-corrected chi connectivity index (χ0v) is 11.1. The largest absolute Gasteiger partial charge is 0.416 e. The molecule has 21 heavy (non-hydrogen) atoms. The molecule has 0 aliphatic heterocycles. The van der Waals surface area contributed by atoms with Crippen LogP contribution in [0.3, 0.4) is 0 Å². The highest BCUT2D eigenvalue weighted by molar-refractivity contribution is 5.90. The first-order valence-electron chi connectivity index (χ1n) is 5.74. The monoisotopic (exact) mass is 314 g/mol. The molecule has 0 spiro atoms. The molecule has 0 aliphatic rings. The number of ketones is 1. The Morgan fingerprint density at radius 2 is 1.24 bits per heavy atom. The summed E-state index contributed by atoms with van der Waals surface area (Å²) in [5, 5.41) is 8.80. The third-order valence-electron chi connectivity index (χ3n) is 3.15. The van der Waals surface area contributed by atoms with Gasteiger partial charge in [0.1, 0.15) is 6.61 Å². The van der Waals surface area contributed by atoms with E-state index in [-0.39, 0.29) is 6.07 Å².